The van der Waals surface area contributed by atoms with Gasteiger partial charge in [-0.05, 0) is 36.5 Å². The molecule has 0 saturated heterocycles. The van der Waals surface area contributed by atoms with Gasteiger partial charge in [0.1, 0.15) is 0 Å². The Bertz CT molecular complexity index is 398. The number of carbonyl (C=O) groups excluding carboxylic acids is 1. The van der Waals surface area contributed by atoms with E-state index in [9.17, 15) is 4.79 Å². The first-order chi connectivity index (χ1) is 8.83. The lowest BCUT2D eigenvalue weighted by Crippen LogP contribution is -2.38. The van der Waals surface area contributed by atoms with E-state index in [0.717, 1.165) is 12.0 Å². The molecule has 0 aliphatic rings. The van der Waals surface area contributed by atoms with E-state index in [1.807, 2.05) is 19.1 Å². The van der Waals surface area contributed by atoms with Gasteiger partial charge in [-0.15, -0.1) is 0 Å². The lowest BCUT2D eigenvalue weighted by Gasteiger charge is -2.25. The van der Waals surface area contributed by atoms with Crippen LogP contribution in [0, 0.1) is 11.3 Å². The van der Waals surface area contributed by atoms with Crippen molar-refractivity contribution in [1.82, 2.24) is 10.3 Å². The monoisotopic (exact) mass is 263 g/mol. The molecule has 106 valence electrons. The van der Waals surface area contributed by atoms with Crippen molar-refractivity contribution in [2.45, 2.75) is 40.2 Å². The summed E-state index contributed by atoms with van der Waals surface area (Å²) in [5.74, 6) is -0.106. The van der Waals surface area contributed by atoms with E-state index in [1.54, 1.807) is 12.4 Å². The second kappa shape index (κ2) is 6.66. The molecule has 4 heteroatoms. The molecule has 0 aliphatic carbocycles. The van der Waals surface area contributed by atoms with Crippen molar-refractivity contribution in [1.29, 1.82) is 0 Å². The van der Waals surface area contributed by atoms with Crippen LogP contribution in [-0.2, 0) is 4.79 Å². The van der Waals surface area contributed by atoms with Crippen LogP contribution in [0.4, 0.5) is 0 Å². The first-order valence-electron chi connectivity index (χ1n) is 6.74. The average molecular weight is 263 g/mol. The zero-order valence-corrected chi connectivity index (χ0v) is 12.3. The second-order valence-electron chi connectivity index (χ2n) is 6.21. The normalized spacial score (nSPS) is 14.8. The van der Waals surface area contributed by atoms with Gasteiger partial charge in [0.25, 0.3) is 0 Å². The molecule has 3 N–H and O–H groups in total. The van der Waals surface area contributed by atoms with Crippen molar-refractivity contribution in [3.05, 3.63) is 30.1 Å². The average Bonchev–Trinajstić information content (AvgIpc) is 2.35. The van der Waals surface area contributed by atoms with Gasteiger partial charge in [-0.25, -0.2) is 0 Å². The van der Waals surface area contributed by atoms with Crippen LogP contribution in [-0.4, -0.2) is 17.4 Å². The number of carbonyl (C=O) groups is 1. The Labute approximate surface area is 115 Å². The third-order valence-electron chi connectivity index (χ3n) is 3.08. The summed E-state index contributed by atoms with van der Waals surface area (Å²) in [6, 6.07) is 3.79. The van der Waals surface area contributed by atoms with Gasteiger partial charge in [-0.2, -0.15) is 0 Å². The molecule has 0 fully saturated rings. The molecule has 0 spiro atoms. The van der Waals surface area contributed by atoms with Crippen molar-refractivity contribution >= 4 is 5.91 Å². The Morgan fingerprint density at radius 3 is 2.42 bits per heavy atom. The van der Waals surface area contributed by atoms with Crippen LogP contribution >= 0.6 is 0 Å². The highest BCUT2D eigenvalue weighted by Gasteiger charge is 2.24. The summed E-state index contributed by atoms with van der Waals surface area (Å²) in [6.07, 6.45) is 4.25. The standard InChI is InChI=1S/C15H25N3O/c1-11(12-5-7-17-8-6-12)18-14(19)13(10-16)9-15(2,3)4/h5-8,11,13H,9-10,16H2,1-4H3,(H,18,19)/t11-,13?/m0/s1. The number of rotatable bonds is 5. The van der Waals surface area contributed by atoms with Crippen molar-refractivity contribution in [2.75, 3.05) is 6.54 Å². The number of nitrogens with one attached hydrogen (secondary N) is 1. The Balaban J connectivity index is 2.62. The van der Waals surface area contributed by atoms with Crippen LogP contribution < -0.4 is 11.1 Å². The fourth-order valence-corrected chi connectivity index (χ4v) is 2.09. The minimum Gasteiger partial charge on any atom is -0.349 e. The van der Waals surface area contributed by atoms with E-state index >= 15 is 0 Å². The fourth-order valence-electron chi connectivity index (χ4n) is 2.09. The molecule has 0 aromatic carbocycles. The van der Waals surface area contributed by atoms with Crippen molar-refractivity contribution in [3.63, 3.8) is 0 Å². The van der Waals surface area contributed by atoms with Crippen molar-refractivity contribution in [3.8, 4) is 0 Å². The third kappa shape index (κ3) is 5.39. The molecular formula is C15H25N3O. The van der Waals surface area contributed by atoms with Crippen LogP contribution in [0.25, 0.3) is 0 Å². The van der Waals surface area contributed by atoms with E-state index in [2.05, 4.69) is 31.1 Å². The van der Waals surface area contributed by atoms with Gasteiger partial charge < -0.3 is 11.1 Å². The van der Waals surface area contributed by atoms with Gasteiger partial charge >= 0.3 is 0 Å². The van der Waals surface area contributed by atoms with Gasteiger partial charge in [-0.1, -0.05) is 20.8 Å². The van der Waals surface area contributed by atoms with Gasteiger partial charge in [0, 0.05) is 18.9 Å². The molecule has 0 aliphatic heterocycles. The van der Waals surface area contributed by atoms with Crippen LogP contribution in [0.15, 0.2) is 24.5 Å². The number of amides is 1. The zero-order valence-electron chi connectivity index (χ0n) is 12.3. The Morgan fingerprint density at radius 1 is 1.37 bits per heavy atom. The van der Waals surface area contributed by atoms with Gasteiger partial charge in [0.15, 0.2) is 0 Å². The lowest BCUT2D eigenvalue weighted by molar-refractivity contribution is -0.126. The fraction of sp³-hybridized carbons (Fsp3) is 0.600. The predicted molar refractivity (Wildman–Crippen MR) is 77.4 cm³/mol. The minimum absolute atomic E-state index is 0.0236. The molecule has 0 bridgehead atoms. The van der Waals surface area contributed by atoms with Crippen LogP contribution in [0.1, 0.15) is 45.7 Å². The third-order valence-corrected chi connectivity index (χ3v) is 3.08. The maximum atomic E-state index is 12.2. The van der Waals surface area contributed by atoms with E-state index in [-0.39, 0.29) is 23.3 Å². The van der Waals surface area contributed by atoms with Crippen LogP contribution in [0.3, 0.4) is 0 Å². The molecule has 1 heterocycles. The molecule has 1 rings (SSSR count). The number of hydrogen-bond acceptors (Lipinski definition) is 3. The first-order valence-corrected chi connectivity index (χ1v) is 6.74. The SMILES string of the molecule is C[C@H](NC(=O)C(CN)CC(C)(C)C)c1ccncc1. The molecule has 2 atom stereocenters. The summed E-state index contributed by atoms with van der Waals surface area (Å²) in [5, 5.41) is 3.02. The summed E-state index contributed by atoms with van der Waals surface area (Å²) >= 11 is 0. The molecule has 1 aromatic heterocycles. The minimum atomic E-state index is -0.135. The van der Waals surface area contributed by atoms with Gasteiger partial charge in [0.2, 0.25) is 5.91 Å². The number of nitrogens with two attached hydrogens (primary N) is 1. The molecule has 1 unspecified atom stereocenters. The van der Waals surface area contributed by atoms with E-state index in [0.29, 0.717) is 6.54 Å². The summed E-state index contributed by atoms with van der Waals surface area (Å²) in [6.45, 7) is 8.71. The van der Waals surface area contributed by atoms with Crippen LogP contribution in [0.5, 0.6) is 0 Å². The number of hydrogen-bond donors (Lipinski definition) is 2. The Kier molecular flexibility index (Phi) is 5.48. The topological polar surface area (TPSA) is 68.0 Å². The smallest absolute Gasteiger partial charge is 0.224 e. The van der Waals surface area contributed by atoms with E-state index in [1.165, 1.54) is 0 Å². The maximum absolute atomic E-state index is 12.2. The zero-order chi connectivity index (χ0) is 14.5. The molecule has 0 radical (unpaired) electrons. The first kappa shape index (κ1) is 15.6. The van der Waals surface area contributed by atoms with Crippen LogP contribution in [0.2, 0.25) is 0 Å². The highest BCUT2D eigenvalue weighted by atomic mass is 16.1. The maximum Gasteiger partial charge on any atom is 0.224 e. The Hall–Kier alpha value is -1.42. The molecular weight excluding hydrogens is 238 g/mol. The van der Waals surface area contributed by atoms with Crippen molar-refractivity contribution < 1.29 is 4.79 Å². The van der Waals surface area contributed by atoms with E-state index < -0.39 is 0 Å². The summed E-state index contributed by atoms with van der Waals surface area (Å²) < 4.78 is 0. The molecule has 1 aromatic rings. The summed E-state index contributed by atoms with van der Waals surface area (Å²) in [5.41, 5.74) is 6.87. The van der Waals surface area contributed by atoms with Gasteiger partial charge in [-0.3, -0.25) is 9.78 Å². The quantitative estimate of drug-likeness (QED) is 0.856. The van der Waals surface area contributed by atoms with Gasteiger partial charge in [0.05, 0.1) is 12.0 Å². The summed E-state index contributed by atoms with van der Waals surface area (Å²) in [4.78, 5) is 16.2. The molecule has 4 nitrogen and oxygen atoms in total. The molecule has 1 amide bonds. The largest absolute Gasteiger partial charge is 0.349 e. The van der Waals surface area contributed by atoms with Crippen molar-refractivity contribution in [2.24, 2.45) is 17.1 Å². The number of nitrogens with zero attached hydrogens (tertiary/aromatic N) is 1. The number of aromatic nitrogens is 1. The number of pyridine rings is 1. The molecule has 19 heavy (non-hydrogen) atoms. The highest BCUT2D eigenvalue weighted by Crippen LogP contribution is 2.24. The molecule has 0 saturated carbocycles. The Morgan fingerprint density at radius 2 is 1.95 bits per heavy atom. The highest BCUT2D eigenvalue weighted by molar-refractivity contribution is 5.79. The summed E-state index contributed by atoms with van der Waals surface area (Å²) in [7, 11) is 0. The lowest BCUT2D eigenvalue weighted by atomic mass is 9.84. The predicted octanol–water partition coefficient (Wildman–Crippen LogP) is 2.27. The van der Waals surface area contributed by atoms with E-state index in [4.69, 9.17) is 5.73 Å². The second-order valence-corrected chi connectivity index (χ2v) is 6.21.